The minimum absolute atomic E-state index is 0.369. The Balaban J connectivity index is 1.83. The van der Waals surface area contributed by atoms with Gasteiger partial charge in [-0.2, -0.15) is 0 Å². The number of benzene rings is 1. The van der Waals surface area contributed by atoms with Crippen molar-refractivity contribution in [1.82, 2.24) is 10.4 Å². The highest BCUT2D eigenvalue weighted by molar-refractivity contribution is 6.02. The number of nitrogens with one attached hydrogen (secondary N) is 2. The van der Waals surface area contributed by atoms with E-state index >= 15 is 0 Å². The lowest BCUT2D eigenvalue weighted by Crippen LogP contribution is -2.37. The maximum Gasteiger partial charge on any atom is 0.210 e. The lowest BCUT2D eigenvalue weighted by atomic mass is 9.96. The maximum absolute atomic E-state index is 5.63. The van der Waals surface area contributed by atoms with Gasteiger partial charge < -0.3 is 5.32 Å². The summed E-state index contributed by atoms with van der Waals surface area (Å²) < 4.78 is 0. The molecule has 1 fully saturated rings. The van der Waals surface area contributed by atoms with Crippen LogP contribution in [0.3, 0.4) is 0 Å². The topological polar surface area (TPSA) is 75.3 Å². The molecule has 5 heteroatoms. The van der Waals surface area contributed by atoms with Gasteiger partial charge in [0.15, 0.2) is 0 Å². The fraction of sp³-hybridized carbons (Fsp3) is 0.375. The number of aliphatic imine (C=N–C) groups is 1. The molecule has 1 saturated carbocycles. The number of hydrazine groups is 1. The zero-order chi connectivity index (χ0) is 14.5. The molecule has 0 amide bonds. The molecule has 21 heavy (non-hydrogen) atoms. The predicted molar refractivity (Wildman–Crippen MR) is 87.0 cm³/mol. The zero-order valence-corrected chi connectivity index (χ0v) is 12.0. The van der Waals surface area contributed by atoms with E-state index in [1.807, 2.05) is 30.5 Å². The monoisotopic (exact) mass is 283 g/mol. The number of aromatic nitrogens is 1. The summed E-state index contributed by atoms with van der Waals surface area (Å²) in [5, 5.41) is 5.51. The van der Waals surface area contributed by atoms with Gasteiger partial charge in [-0.3, -0.25) is 10.4 Å². The van der Waals surface area contributed by atoms with Gasteiger partial charge in [0.1, 0.15) is 0 Å². The largest absolute Gasteiger partial charge is 0.325 e. The van der Waals surface area contributed by atoms with Crippen molar-refractivity contribution < 1.29 is 0 Å². The van der Waals surface area contributed by atoms with Crippen LogP contribution >= 0.6 is 0 Å². The van der Waals surface area contributed by atoms with Crippen molar-refractivity contribution in [3.05, 3.63) is 36.7 Å². The first-order valence-electron chi connectivity index (χ1n) is 7.51. The molecule has 0 saturated heterocycles. The van der Waals surface area contributed by atoms with Crippen LogP contribution in [0.15, 0.2) is 41.7 Å². The molecule has 0 radical (unpaired) electrons. The first kappa shape index (κ1) is 13.8. The highest BCUT2D eigenvalue weighted by Crippen LogP contribution is 2.23. The van der Waals surface area contributed by atoms with Crippen molar-refractivity contribution in [2.45, 2.75) is 38.1 Å². The van der Waals surface area contributed by atoms with E-state index in [0.717, 1.165) is 29.3 Å². The van der Waals surface area contributed by atoms with Gasteiger partial charge in [0.2, 0.25) is 5.96 Å². The number of anilines is 1. The Labute approximate surface area is 124 Å². The summed E-state index contributed by atoms with van der Waals surface area (Å²) in [6, 6.07) is 8.43. The average molecular weight is 283 g/mol. The molecule has 1 aromatic heterocycles. The average Bonchev–Trinajstić information content (AvgIpc) is 2.55. The van der Waals surface area contributed by atoms with Crippen LogP contribution in [0.4, 0.5) is 5.69 Å². The Hall–Kier alpha value is -2.14. The molecule has 1 aliphatic rings. The van der Waals surface area contributed by atoms with E-state index in [4.69, 9.17) is 10.8 Å². The number of fused-ring (bicyclic) bond motifs is 1. The van der Waals surface area contributed by atoms with Crippen molar-refractivity contribution >= 4 is 22.4 Å². The van der Waals surface area contributed by atoms with E-state index in [9.17, 15) is 0 Å². The summed E-state index contributed by atoms with van der Waals surface area (Å²) in [7, 11) is 0. The number of hydrogen-bond acceptors (Lipinski definition) is 3. The summed E-state index contributed by atoms with van der Waals surface area (Å²) in [5.41, 5.74) is 3.67. The van der Waals surface area contributed by atoms with Gasteiger partial charge in [0.05, 0.1) is 6.04 Å². The van der Waals surface area contributed by atoms with Gasteiger partial charge in [-0.25, -0.2) is 10.8 Å². The zero-order valence-electron chi connectivity index (χ0n) is 12.0. The molecule has 110 valence electrons. The van der Waals surface area contributed by atoms with Gasteiger partial charge in [-0.15, -0.1) is 0 Å². The van der Waals surface area contributed by atoms with Crippen LogP contribution in [0.1, 0.15) is 32.1 Å². The highest BCUT2D eigenvalue weighted by atomic mass is 15.3. The molecule has 0 bridgehead atoms. The van der Waals surface area contributed by atoms with Crippen LogP contribution in [0.25, 0.3) is 10.8 Å². The van der Waals surface area contributed by atoms with Crippen molar-refractivity contribution in [3.63, 3.8) is 0 Å². The van der Waals surface area contributed by atoms with Gasteiger partial charge in [-0.1, -0.05) is 31.4 Å². The van der Waals surface area contributed by atoms with E-state index in [-0.39, 0.29) is 0 Å². The summed E-state index contributed by atoms with van der Waals surface area (Å²) >= 11 is 0. The summed E-state index contributed by atoms with van der Waals surface area (Å²) in [5.74, 6) is 6.26. The van der Waals surface area contributed by atoms with Gasteiger partial charge in [-0.05, 0) is 25.0 Å². The lowest BCUT2D eigenvalue weighted by molar-refractivity contribution is 0.442. The molecule has 0 aliphatic heterocycles. The fourth-order valence-electron chi connectivity index (χ4n) is 2.86. The van der Waals surface area contributed by atoms with Crippen LogP contribution in [-0.2, 0) is 0 Å². The number of hydrogen-bond donors (Lipinski definition) is 3. The smallest absolute Gasteiger partial charge is 0.210 e. The minimum atomic E-state index is 0.369. The third-order valence-electron chi connectivity index (χ3n) is 3.96. The standard InChI is InChI=1S/C16H21N5/c17-21-16(19-13-6-2-1-3-7-13)20-15-8-4-5-12-11-18-10-9-14(12)15/h4-5,8-11,13H,1-3,6-7,17H2,(H2,19,20,21). The molecular weight excluding hydrogens is 262 g/mol. The predicted octanol–water partition coefficient (Wildman–Crippen LogP) is 2.80. The molecular formula is C16H21N5. The van der Waals surface area contributed by atoms with Crippen molar-refractivity contribution in [1.29, 1.82) is 0 Å². The third kappa shape index (κ3) is 3.31. The van der Waals surface area contributed by atoms with E-state index in [1.165, 1.54) is 19.3 Å². The Morgan fingerprint density at radius 2 is 2.05 bits per heavy atom. The van der Waals surface area contributed by atoms with Crippen molar-refractivity contribution in [3.8, 4) is 0 Å². The Kier molecular flexibility index (Phi) is 4.31. The molecule has 0 unspecified atom stereocenters. The Morgan fingerprint density at radius 3 is 2.86 bits per heavy atom. The number of nitrogens with two attached hydrogens (primary N) is 1. The van der Waals surface area contributed by atoms with E-state index in [1.54, 1.807) is 6.20 Å². The van der Waals surface area contributed by atoms with Crippen LogP contribution < -0.4 is 16.6 Å². The normalized spacial score (nSPS) is 16.9. The van der Waals surface area contributed by atoms with Gasteiger partial charge in [0.25, 0.3) is 0 Å². The van der Waals surface area contributed by atoms with Crippen LogP contribution in [0, 0.1) is 0 Å². The molecule has 4 N–H and O–H groups in total. The quantitative estimate of drug-likeness (QED) is 0.343. The Bertz CT molecular complexity index is 626. The second kappa shape index (κ2) is 6.54. The van der Waals surface area contributed by atoms with Crippen molar-refractivity contribution in [2.24, 2.45) is 10.8 Å². The molecule has 5 nitrogen and oxygen atoms in total. The van der Waals surface area contributed by atoms with Gasteiger partial charge in [0, 0.05) is 28.9 Å². The highest BCUT2D eigenvalue weighted by Gasteiger charge is 2.13. The number of nitrogens with zero attached hydrogens (tertiary/aromatic N) is 2. The lowest BCUT2D eigenvalue weighted by Gasteiger charge is -2.20. The molecule has 1 heterocycles. The molecule has 3 rings (SSSR count). The van der Waals surface area contributed by atoms with Crippen LogP contribution in [0.5, 0.6) is 0 Å². The van der Waals surface area contributed by atoms with E-state index in [2.05, 4.69) is 15.7 Å². The first-order valence-corrected chi connectivity index (χ1v) is 7.51. The maximum atomic E-state index is 5.63. The number of guanidine groups is 1. The molecule has 0 spiro atoms. The first-order chi connectivity index (χ1) is 10.4. The fourth-order valence-corrected chi connectivity index (χ4v) is 2.86. The molecule has 2 aromatic rings. The molecule has 1 aliphatic carbocycles. The summed E-state index contributed by atoms with van der Waals surface area (Å²) in [4.78, 5) is 8.86. The van der Waals surface area contributed by atoms with Crippen LogP contribution in [-0.4, -0.2) is 17.0 Å². The van der Waals surface area contributed by atoms with Gasteiger partial charge >= 0.3 is 0 Å². The van der Waals surface area contributed by atoms with Crippen LogP contribution in [0.2, 0.25) is 0 Å². The summed E-state index contributed by atoms with van der Waals surface area (Å²) in [6.07, 6.45) is 9.77. The van der Waals surface area contributed by atoms with E-state index < -0.39 is 0 Å². The number of rotatable bonds is 2. The number of pyridine rings is 1. The second-order valence-electron chi connectivity index (χ2n) is 5.44. The minimum Gasteiger partial charge on any atom is -0.325 e. The molecule has 1 aromatic carbocycles. The second-order valence-corrected chi connectivity index (χ2v) is 5.44. The Morgan fingerprint density at radius 1 is 1.19 bits per heavy atom. The third-order valence-corrected chi connectivity index (χ3v) is 3.96. The van der Waals surface area contributed by atoms with Crippen molar-refractivity contribution in [2.75, 3.05) is 5.32 Å². The molecule has 0 atom stereocenters. The summed E-state index contributed by atoms with van der Waals surface area (Å²) in [6.45, 7) is 0. The van der Waals surface area contributed by atoms with E-state index in [0.29, 0.717) is 12.0 Å². The SMILES string of the molecule is NNC(=NC1CCCCC1)Nc1cccc2cnccc12.